The van der Waals surface area contributed by atoms with Crippen LogP contribution in [0.3, 0.4) is 0 Å². The van der Waals surface area contributed by atoms with Crippen LogP contribution in [0.15, 0.2) is 59.3 Å². The first-order valence-corrected chi connectivity index (χ1v) is 11.0. The van der Waals surface area contributed by atoms with Crippen molar-refractivity contribution in [1.29, 1.82) is 0 Å². The van der Waals surface area contributed by atoms with Crippen molar-refractivity contribution in [2.24, 2.45) is 0 Å². The Morgan fingerprint density at radius 2 is 1.92 bits per heavy atom. The molecule has 1 atom stereocenters. The van der Waals surface area contributed by atoms with Crippen LogP contribution in [0.25, 0.3) is 0 Å². The van der Waals surface area contributed by atoms with Crippen molar-refractivity contribution < 1.29 is 37.0 Å². The molecule has 1 aromatic carbocycles. The number of rotatable bonds is 4. The van der Waals surface area contributed by atoms with Gasteiger partial charge in [-0.3, -0.25) is 4.79 Å². The largest absolute Gasteiger partial charge is 0.490 e. The number of carboxylic acid groups (broad SMARTS) is 1. The Labute approximate surface area is 203 Å². The molecule has 12 heteroatoms. The van der Waals surface area contributed by atoms with Crippen LogP contribution < -0.4 is 5.32 Å². The Morgan fingerprint density at radius 3 is 2.58 bits per heavy atom. The number of alkyl halides is 3. The average molecular weight is 504 g/mol. The molecule has 0 saturated carbocycles. The number of ether oxygens (including phenoxy) is 1. The number of halogens is 3. The van der Waals surface area contributed by atoms with Gasteiger partial charge in [0.1, 0.15) is 0 Å². The molecule has 2 aliphatic heterocycles. The third kappa shape index (κ3) is 5.65. The highest BCUT2D eigenvalue weighted by atomic mass is 19.4. The van der Waals surface area contributed by atoms with Crippen molar-refractivity contribution in [2.45, 2.75) is 31.2 Å². The maximum absolute atomic E-state index is 12.7. The Morgan fingerprint density at radius 1 is 1.17 bits per heavy atom. The Bertz CT molecular complexity index is 1200. The summed E-state index contributed by atoms with van der Waals surface area (Å²) in [7, 11) is 0. The van der Waals surface area contributed by atoms with Gasteiger partial charge in [-0.2, -0.15) is 13.2 Å². The number of fused-ring (bicyclic) bond motifs is 2. The van der Waals surface area contributed by atoms with Crippen molar-refractivity contribution in [1.82, 2.24) is 14.9 Å². The molecule has 1 unspecified atom stereocenters. The summed E-state index contributed by atoms with van der Waals surface area (Å²) in [6.45, 7) is 2.93. The summed E-state index contributed by atoms with van der Waals surface area (Å²) >= 11 is 0. The second kappa shape index (κ2) is 10.4. The van der Waals surface area contributed by atoms with Gasteiger partial charge in [-0.25, -0.2) is 14.8 Å². The second-order valence-corrected chi connectivity index (χ2v) is 8.44. The number of nitrogens with zero attached hydrogens (tertiary/aromatic N) is 3. The van der Waals surface area contributed by atoms with Gasteiger partial charge in [0.2, 0.25) is 5.95 Å². The highest BCUT2D eigenvalue weighted by Gasteiger charge is 2.46. The first-order valence-electron chi connectivity index (χ1n) is 11.0. The van der Waals surface area contributed by atoms with Crippen LogP contribution in [0.4, 0.5) is 19.1 Å². The predicted octanol–water partition coefficient (Wildman–Crippen LogP) is 3.63. The topological polar surface area (TPSA) is 118 Å². The van der Waals surface area contributed by atoms with Gasteiger partial charge < -0.3 is 24.5 Å². The van der Waals surface area contributed by atoms with E-state index in [1.165, 1.54) is 11.8 Å². The van der Waals surface area contributed by atoms with Crippen molar-refractivity contribution in [2.75, 3.05) is 25.0 Å². The highest BCUT2D eigenvalue weighted by molar-refractivity contribution is 5.91. The summed E-state index contributed by atoms with van der Waals surface area (Å²) in [5.74, 6) is -1.88. The number of likely N-dealkylation sites (tertiary alicyclic amines) is 1. The molecule has 4 heterocycles. The minimum atomic E-state index is -5.08. The lowest BCUT2D eigenvalue weighted by Crippen LogP contribution is -2.41. The third-order valence-corrected chi connectivity index (χ3v) is 5.91. The van der Waals surface area contributed by atoms with Crippen LogP contribution in [0.2, 0.25) is 0 Å². The zero-order valence-electron chi connectivity index (χ0n) is 19.0. The van der Waals surface area contributed by atoms with Gasteiger partial charge in [0.05, 0.1) is 30.6 Å². The lowest BCUT2D eigenvalue weighted by atomic mass is 9.80. The van der Waals surface area contributed by atoms with Gasteiger partial charge in [0.25, 0.3) is 5.91 Å². The van der Waals surface area contributed by atoms with Crippen LogP contribution in [-0.2, 0) is 28.1 Å². The monoisotopic (exact) mass is 504 g/mol. The fraction of sp³-hybridized carbons (Fsp3) is 0.333. The van der Waals surface area contributed by atoms with E-state index >= 15 is 0 Å². The van der Waals surface area contributed by atoms with Gasteiger partial charge in [0.15, 0.2) is 5.76 Å². The van der Waals surface area contributed by atoms with Crippen molar-refractivity contribution in [3.63, 3.8) is 0 Å². The second-order valence-electron chi connectivity index (χ2n) is 8.44. The number of carbonyl (C=O) groups excluding carboxylic acids is 1. The first-order chi connectivity index (χ1) is 17.2. The number of hydrogen-bond donors (Lipinski definition) is 2. The summed E-state index contributed by atoms with van der Waals surface area (Å²) in [6, 6.07) is 13.6. The normalized spacial score (nSPS) is 18.8. The number of amides is 1. The third-order valence-electron chi connectivity index (χ3n) is 5.91. The molecule has 2 aliphatic rings. The number of aromatic nitrogens is 2. The molecular weight excluding hydrogens is 481 g/mol. The van der Waals surface area contributed by atoms with Crippen LogP contribution in [0.5, 0.6) is 0 Å². The van der Waals surface area contributed by atoms with Gasteiger partial charge in [-0.1, -0.05) is 30.3 Å². The molecular formula is C24H23F3N4O5. The molecule has 2 aromatic heterocycles. The van der Waals surface area contributed by atoms with Crippen molar-refractivity contribution in [3.8, 4) is 0 Å². The Kier molecular flexibility index (Phi) is 7.25. The fourth-order valence-electron chi connectivity index (χ4n) is 4.17. The smallest absolute Gasteiger partial charge is 0.475 e. The summed E-state index contributed by atoms with van der Waals surface area (Å²) in [5.41, 5.74) is 2.85. The molecule has 0 aliphatic carbocycles. The summed E-state index contributed by atoms with van der Waals surface area (Å²) < 4.78 is 42.9. The van der Waals surface area contributed by atoms with E-state index in [0.29, 0.717) is 44.6 Å². The lowest BCUT2D eigenvalue weighted by molar-refractivity contribution is -0.192. The number of nitrogens with one attached hydrogen (secondary N) is 1. The van der Waals surface area contributed by atoms with Gasteiger partial charge >= 0.3 is 12.1 Å². The fourth-order valence-corrected chi connectivity index (χ4v) is 4.17. The number of furan rings is 1. The van der Waals surface area contributed by atoms with Crippen LogP contribution in [0.1, 0.15) is 33.8 Å². The summed E-state index contributed by atoms with van der Waals surface area (Å²) in [4.78, 5) is 32.8. The van der Waals surface area contributed by atoms with Gasteiger partial charge in [-0.05, 0) is 24.1 Å². The van der Waals surface area contributed by atoms with Crippen LogP contribution in [0, 0.1) is 0 Å². The number of aliphatic carboxylic acids is 1. The quantitative estimate of drug-likeness (QED) is 0.553. The maximum Gasteiger partial charge on any atom is 0.490 e. The molecule has 1 amide bonds. The summed E-state index contributed by atoms with van der Waals surface area (Å²) in [5, 5.41) is 10.4. The molecule has 1 spiro atoms. The van der Waals surface area contributed by atoms with E-state index < -0.39 is 12.1 Å². The van der Waals surface area contributed by atoms with Crippen molar-refractivity contribution in [3.05, 3.63) is 77.5 Å². The molecule has 0 radical (unpaired) electrons. The molecule has 3 aromatic rings. The molecule has 0 bridgehead atoms. The van der Waals surface area contributed by atoms with E-state index in [9.17, 15) is 18.0 Å². The predicted molar refractivity (Wildman–Crippen MR) is 120 cm³/mol. The van der Waals surface area contributed by atoms with Gasteiger partial charge in [-0.15, -0.1) is 0 Å². The lowest BCUT2D eigenvalue weighted by Gasteiger charge is -2.34. The van der Waals surface area contributed by atoms with Crippen LogP contribution >= 0.6 is 0 Å². The number of carboxylic acids is 1. The average Bonchev–Trinajstić information content (AvgIpc) is 3.55. The van der Waals surface area contributed by atoms with E-state index in [-0.39, 0.29) is 11.3 Å². The number of hydrogen-bond acceptors (Lipinski definition) is 7. The first kappa shape index (κ1) is 25.2. The molecule has 1 fully saturated rings. The van der Waals surface area contributed by atoms with E-state index in [1.807, 2.05) is 29.3 Å². The molecule has 5 rings (SSSR count). The van der Waals surface area contributed by atoms with Gasteiger partial charge in [0, 0.05) is 31.4 Å². The van der Waals surface area contributed by atoms with E-state index in [0.717, 1.165) is 17.7 Å². The van der Waals surface area contributed by atoms with E-state index in [2.05, 4.69) is 22.4 Å². The minimum Gasteiger partial charge on any atom is -0.475 e. The number of anilines is 1. The number of carbonyl (C=O) groups is 2. The van der Waals surface area contributed by atoms with Crippen LogP contribution in [-0.4, -0.2) is 57.7 Å². The molecule has 9 nitrogen and oxygen atoms in total. The molecule has 2 N–H and O–H groups in total. The number of benzene rings is 1. The standard InChI is InChI=1S/C22H22N4O3.C2HF3O2/c27-20(18-7-4-10-29-18)26-9-8-22(14-26)15-28-13-17-12-24-21(25-19(17)22)23-11-16-5-2-1-3-6-16;3-2(4,5)1(6)7/h1-7,10,12H,8-9,11,13-15H2,(H,23,24,25);(H,6,7). The molecule has 36 heavy (non-hydrogen) atoms. The minimum absolute atomic E-state index is 0.0875. The van der Waals surface area contributed by atoms with Crippen molar-refractivity contribution >= 4 is 17.8 Å². The van der Waals surface area contributed by atoms with E-state index in [4.69, 9.17) is 24.0 Å². The summed E-state index contributed by atoms with van der Waals surface area (Å²) in [6.07, 6.45) is -0.912. The Hall–Kier alpha value is -3.93. The zero-order chi connectivity index (χ0) is 25.8. The zero-order valence-corrected chi connectivity index (χ0v) is 19.0. The highest BCUT2D eigenvalue weighted by Crippen LogP contribution is 2.39. The SMILES string of the molecule is O=C(O)C(F)(F)F.O=C(c1ccco1)N1CCC2(COCc3cnc(NCc4ccccc4)nc32)C1. The molecule has 190 valence electrons. The Balaban J connectivity index is 0.000000384. The maximum atomic E-state index is 12.7. The molecule has 1 saturated heterocycles. The van der Waals surface area contributed by atoms with E-state index in [1.54, 1.807) is 12.1 Å².